The summed E-state index contributed by atoms with van der Waals surface area (Å²) in [6.45, 7) is 2.20. The van der Waals surface area contributed by atoms with Gasteiger partial charge in [-0.05, 0) is 148 Å². The summed E-state index contributed by atoms with van der Waals surface area (Å²) < 4.78 is 28.8. The summed E-state index contributed by atoms with van der Waals surface area (Å²) >= 11 is 0. The fourth-order valence-electron chi connectivity index (χ4n) is 6.21. The van der Waals surface area contributed by atoms with Crippen LogP contribution < -0.4 is 56.3 Å². The van der Waals surface area contributed by atoms with Crippen molar-refractivity contribution in [2.45, 2.75) is 23.1 Å². The SMILES string of the molecule is CN.CN.CN.CN.CO.CO.CO.CO.Cc1cc(N)cc(O)c1.Nc1cc(Cc2ccc(C(=O)O)c(N)c2)ccc1OC=O.Nc1cc(N)cc(C(=O)O)c1.O=S(=O)(c1ccccc1)c1ccccc1.c1ccc(-c2ccccc2)cc1. The minimum atomic E-state index is -3.34. The van der Waals surface area contributed by atoms with Crippen LogP contribution in [0.15, 0.2) is 204 Å². The fraction of sp³-hybridized carbons (Fsp3) is 0.164. The Morgan fingerprint density at radius 1 is 0.452 bits per heavy atom. The molecule has 0 aliphatic heterocycles. The Morgan fingerprint density at radius 3 is 1.13 bits per heavy atom. The second kappa shape index (κ2) is 52.9. The third kappa shape index (κ3) is 34.7. The molecule has 0 spiro atoms. The van der Waals surface area contributed by atoms with Crippen LogP contribution in [0, 0.1) is 6.92 Å². The van der Waals surface area contributed by atoms with Crippen LogP contribution in [0.3, 0.4) is 0 Å². The average Bonchev–Trinajstić information content (AvgIpc) is 3.73. The second-order valence-corrected chi connectivity index (χ2v) is 16.6. The summed E-state index contributed by atoms with van der Waals surface area (Å²) in [5.74, 6) is -1.55. The van der Waals surface area contributed by atoms with E-state index in [1.165, 1.54) is 69.6 Å². The number of ether oxygens (including phenoxy) is 1. The second-order valence-electron chi connectivity index (χ2n) is 14.6. The van der Waals surface area contributed by atoms with Crippen molar-refractivity contribution in [1.82, 2.24) is 0 Å². The first-order valence-electron chi connectivity index (χ1n) is 24.6. The number of carbonyl (C=O) groups excluding carboxylic acids is 1. The molecular formula is C61H87N9O13S. The van der Waals surface area contributed by atoms with Gasteiger partial charge in [0.2, 0.25) is 9.84 Å². The zero-order valence-electron chi connectivity index (χ0n) is 48.9. The van der Waals surface area contributed by atoms with Crippen LogP contribution in [0.1, 0.15) is 37.4 Å². The zero-order chi connectivity index (χ0) is 65.6. The average molecular weight is 1190 g/mol. The predicted molar refractivity (Wildman–Crippen MR) is 341 cm³/mol. The van der Waals surface area contributed by atoms with Gasteiger partial charge in [0.25, 0.3) is 6.47 Å². The van der Waals surface area contributed by atoms with Crippen LogP contribution in [-0.2, 0) is 21.1 Å². The third-order valence-corrected chi connectivity index (χ3v) is 11.1. The van der Waals surface area contributed by atoms with E-state index in [-0.39, 0.29) is 22.6 Å². The molecule has 8 rings (SSSR count). The number of hydrogen-bond donors (Lipinski definition) is 16. The molecule has 0 atom stereocenters. The van der Waals surface area contributed by atoms with Gasteiger partial charge in [0, 0.05) is 57.3 Å². The standard InChI is InChI=1S/C15H14N2O4.C12H10O2S.C12H10.C7H8N2O2.C7H9NO.4CH5N.4CH4O/c16-12-6-9(1-3-11(12)15(19)20)5-10-2-4-14(21-8-18)13(17)7-10;13-15(14,11-7-3-1-4-8-11)12-9-5-2-6-10-12;1-3-7-11(8-4-1)12-9-5-2-6-10-12;8-5-1-4(7(10)11)2-6(9)3-5;1-5-2-6(8)4-7(9)3-5;8*1-2/h1-4,6-8H,5,16-17H2,(H,19,20);1-10H;1-10H;1-3H,8-9H2,(H,10,11);2-4,9H,8H2,1H3;4*2H2,1H3;4*2H,1H3. The smallest absolute Gasteiger partial charge is 0.337 e. The van der Waals surface area contributed by atoms with Crippen molar-refractivity contribution in [3.8, 4) is 22.6 Å². The summed E-state index contributed by atoms with van der Waals surface area (Å²) in [6.07, 6.45) is 0.537. The third-order valence-electron chi connectivity index (χ3n) is 9.30. The number of hydrogen-bond acceptors (Lipinski definition) is 20. The van der Waals surface area contributed by atoms with Crippen LogP contribution in [0.4, 0.5) is 28.4 Å². The first-order chi connectivity index (χ1) is 40.5. The molecule has 25 N–H and O–H groups in total. The number of carbonyl (C=O) groups is 3. The van der Waals surface area contributed by atoms with Gasteiger partial charge >= 0.3 is 11.9 Å². The van der Waals surface area contributed by atoms with Gasteiger partial charge in [0.15, 0.2) is 5.75 Å². The molecule has 0 fully saturated rings. The number of anilines is 5. The number of aromatic carboxylic acids is 2. The first-order valence-corrected chi connectivity index (χ1v) is 26.1. The molecule has 23 heteroatoms. The van der Waals surface area contributed by atoms with Crippen molar-refractivity contribution in [3.63, 3.8) is 0 Å². The molecule has 0 radical (unpaired) electrons. The maximum atomic E-state index is 12.0. The number of rotatable bonds is 9. The zero-order valence-corrected chi connectivity index (χ0v) is 49.8. The first kappa shape index (κ1) is 83.4. The van der Waals surface area contributed by atoms with E-state index in [0.29, 0.717) is 51.2 Å². The topological polar surface area (TPSA) is 470 Å². The number of aryl methyl sites for hydroxylation is 1. The van der Waals surface area contributed by atoms with Gasteiger partial charge in [-0.1, -0.05) is 109 Å². The number of carboxylic acids is 2. The van der Waals surface area contributed by atoms with Crippen molar-refractivity contribution in [2.24, 2.45) is 22.9 Å². The molecule has 0 saturated carbocycles. The molecule has 22 nitrogen and oxygen atoms in total. The molecule has 8 aromatic carbocycles. The fourth-order valence-corrected chi connectivity index (χ4v) is 7.51. The van der Waals surface area contributed by atoms with E-state index in [2.05, 4.69) is 71.5 Å². The molecule has 0 aliphatic rings. The van der Waals surface area contributed by atoms with Crippen molar-refractivity contribution in [1.29, 1.82) is 0 Å². The summed E-state index contributed by atoms with van der Waals surface area (Å²) in [5, 5.41) is 54.4. The number of benzene rings is 8. The van der Waals surface area contributed by atoms with Crippen molar-refractivity contribution in [3.05, 3.63) is 222 Å². The van der Waals surface area contributed by atoms with Crippen LogP contribution in [-0.4, -0.2) is 119 Å². The van der Waals surface area contributed by atoms with Gasteiger partial charge in [0.05, 0.1) is 26.6 Å². The van der Waals surface area contributed by atoms with Crippen LogP contribution >= 0.6 is 0 Å². The summed E-state index contributed by atoms with van der Waals surface area (Å²) in [5.41, 5.74) is 53.0. The van der Waals surface area contributed by atoms with Crippen molar-refractivity contribution >= 4 is 56.7 Å². The number of aliphatic hydroxyl groups excluding tert-OH is 4. The lowest BCUT2D eigenvalue weighted by atomic mass is 10.0. The highest BCUT2D eigenvalue weighted by molar-refractivity contribution is 7.91. The Kier molecular flexibility index (Phi) is 52.6. The van der Waals surface area contributed by atoms with Crippen LogP contribution in [0.5, 0.6) is 11.5 Å². The molecule has 460 valence electrons. The lowest BCUT2D eigenvalue weighted by Crippen LogP contribution is -2.03. The summed E-state index contributed by atoms with van der Waals surface area (Å²) in [7, 11) is 6.66. The molecule has 0 aromatic heterocycles. The Bertz CT molecular complexity index is 2890. The number of phenols is 1. The Morgan fingerprint density at radius 2 is 0.810 bits per heavy atom. The van der Waals surface area contributed by atoms with E-state index >= 15 is 0 Å². The predicted octanol–water partition coefficient (Wildman–Crippen LogP) is 6.11. The molecule has 8 aromatic rings. The van der Waals surface area contributed by atoms with Gasteiger partial charge < -0.3 is 92.1 Å². The Hall–Kier alpha value is -9.40. The normalized spacial score (nSPS) is 8.73. The lowest BCUT2D eigenvalue weighted by molar-refractivity contribution is -0.120. The number of nitrogen functional groups attached to an aromatic ring is 5. The molecule has 0 saturated heterocycles. The van der Waals surface area contributed by atoms with E-state index in [4.69, 9.17) is 69.2 Å². The van der Waals surface area contributed by atoms with E-state index in [0.717, 1.165) is 45.1 Å². The van der Waals surface area contributed by atoms with E-state index in [1.807, 2.05) is 19.1 Å². The maximum Gasteiger partial charge on any atom is 0.337 e. The van der Waals surface area contributed by atoms with E-state index in [9.17, 15) is 22.8 Å². The number of carboxylic acid groups (broad SMARTS) is 2. The number of nitrogens with two attached hydrogens (primary N) is 9. The Balaban J connectivity index is -0.000000298. The van der Waals surface area contributed by atoms with Gasteiger partial charge in [0.1, 0.15) is 5.75 Å². The largest absolute Gasteiger partial charge is 0.508 e. The van der Waals surface area contributed by atoms with E-state index < -0.39 is 21.8 Å². The summed E-state index contributed by atoms with van der Waals surface area (Å²) in [6, 6.07) is 56.7. The lowest BCUT2D eigenvalue weighted by Gasteiger charge is -2.08. The summed E-state index contributed by atoms with van der Waals surface area (Å²) in [4.78, 5) is 32.2. The van der Waals surface area contributed by atoms with Crippen LogP contribution in [0.25, 0.3) is 11.1 Å². The molecule has 0 bridgehead atoms. The minimum absolute atomic E-state index is 0.0768. The van der Waals surface area contributed by atoms with Crippen LogP contribution in [0.2, 0.25) is 0 Å². The molecule has 0 aliphatic carbocycles. The molecule has 84 heavy (non-hydrogen) atoms. The Labute approximate surface area is 493 Å². The number of aliphatic hydroxyl groups is 4. The molecule has 0 heterocycles. The molecule has 0 amide bonds. The monoisotopic (exact) mass is 1190 g/mol. The van der Waals surface area contributed by atoms with Gasteiger partial charge in [-0.25, -0.2) is 18.0 Å². The minimum Gasteiger partial charge on any atom is -0.508 e. The van der Waals surface area contributed by atoms with Crippen molar-refractivity contribution < 1.29 is 63.3 Å². The van der Waals surface area contributed by atoms with E-state index in [1.54, 1.807) is 103 Å². The highest BCUT2D eigenvalue weighted by atomic mass is 32.2. The molecule has 0 unspecified atom stereocenters. The van der Waals surface area contributed by atoms with Gasteiger partial charge in [-0.2, -0.15) is 0 Å². The quantitative estimate of drug-likeness (QED) is 0.0572. The van der Waals surface area contributed by atoms with Gasteiger partial charge in [-0.3, -0.25) is 4.79 Å². The number of sulfone groups is 1. The van der Waals surface area contributed by atoms with Gasteiger partial charge in [-0.15, -0.1) is 0 Å². The molecular weight excluding hydrogens is 1100 g/mol. The maximum absolute atomic E-state index is 12.0. The number of aromatic hydroxyl groups is 1. The highest BCUT2D eigenvalue weighted by Gasteiger charge is 2.16. The van der Waals surface area contributed by atoms with Crippen molar-refractivity contribution in [2.75, 3.05) is 85.3 Å². The highest BCUT2D eigenvalue weighted by Crippen LogP contribution is 2.25. The number of phenolic OH excluding ortho intramolecular Hbond substituents is 1.